The van der Waals surface area contributed by atoms with Crippen LogP contribution in [0.25, 0.3) is 0 Å². The van der Waals surface area contributed by atoms with E-state index in [1.807, 2.05) is 0 Å². The molecule has 0 saturated heterocycles. The molecule has 4 N–H and O–H groups in total. The number of anilines is 2. The molecule has 4 heteroatoms. The average molecular weight is 208 g/mol. The number of rotatable bonds is 1. The number of carbonyl (C=O) groups is 1. The zero-order valence-corrected chi connectivity index (χ0v) is 9.20. The van der Waals surface area contributed by atoms with Crippen molar-refractivity contribution in [3.8, 4) is 0 Å². The molecule has 0 heterocycles. The second kappa shape index (κ2) is 3.81. The second-order valence-electron chi connectivity index (χ2n) is 4.31. The van der Waals surface area contributed by atoms with Crippen LogP contribution in [0.1, 0.15) is 31.1 Å². The highest BCUT2D eigenvalue weighted by atomic mass is 16.6. The highest BCUT2D eigenvalue weighted by Gasteiger charge is 2.21. The van der Waals surface area contributed by atoms with Crippen molar-refractivity contribution in [2.75, 3.05) is 11.5 Å². The topological polar surface area (TPSA) is 78.3 Å². The molecule has 0 bridgehead atoms. The lowest BCUT2D eigenvalue weighted by Gasteiger charge is -2.20. The first-order valence-electron chi connectivity index (χ1n) is 4.68. The summed E-state index contributed by atoms with van der Waals surface area (Å²) in [7, 11) is 0. The Bertz CT molecular complexity index is 360. The fourth-order valence-electron chi connectivity index (χ4n) is 1.15. The molecule has 0 aromatic heterocycles. The minimum absolute atomic E-state index is 0.243. The fourth-order valence-corrected chi connectivity index (χ4v) is 1.15. The normalized spacial score (nSPS) is 11.1. The summed E-state index contributed by atoms with van der Waals surface area (Å²) in [5.41, 5.74) is 11.7. The molecule has 0 aliphatic rings. The fraction of sp³-hybridized carbons (Fsp3) is 0.364. The molecule has 0 aliphatic heterocycles. The molecule has 1 aromatic rings. The number of hydrogen-bond acceptors (Lipinski definition) is 4. The van der Waals surface area contributed by atoms with Gasteiger partial charge in [-0.1, -0.05) is 6.07 Å². The van der Waals surface area contributed by atoms with Gasteiger partial charge in [0.05, 0.1) is 0 Å². The summed E-state index contributed by atoms with van der Waals surface area (Å²) in [5, 5.41) is 0. The Balaban J connectivity index is 3.02. The molecule has 0 amide bonds. The van der Waals surface area contributed by atoms with E-state index in [1.54, 1.807) is 39.0 Å². The van der Waals surface area contributed by atoms with Crippen molar-refractivity contribution in [3.05, 3.63) is 23.8 Å². The van der Waals surface area contributed by atoms with E-state index in [0.29, 0.717) is 11.4 Å². The Morgan fingerprint density at radius 2 is 1.67 bits per heavy atom. The Hall–Kier alpha value is -1.71. The van der Waals surface area contributed by atoms with Crippen LogP contribution in [-0.2, 0) is 4.74 Å². The minimum Gasteiger partial charge on any atom is -0.456 e. The monoisotopic (exact) mass is 208 g/mol. The second-order valence-corrected chi connectivity index (χ2v) is 4.31. The Morgan fingerprint density at radius 3 is 2.07 bits per heavy atom. The van der Waals surface area contributed by atoms with Gasteiger partial charge in [-0.3, -0.25) is 0 Å². The van der Waals surface area contributed by atoms with Gasteiger partial charge in [0.25, 0.3) is 0 Å². The molecular weight excluding hydrogens is 192 g/mol. The van der Waals surface area contributed by atoms with Crippen LogP contribution in [0.3, 0.4) is 0 Å². The van der Waals surface area contributed by atoms with E-state index >= 15 is 0 Å². The van der Waals surface area contributed by atoms with Crippen LogP contribution in [0.15, 0.2) is 18.2 Å². The van der Waals surface area contributed by atoms with Crippen molar-refractivity contribution in [2.45, 2.75) is 26.4 Å². The standard InChI is InChI=1S/C11H16N2O2/c1-11(2,3)15-10(14)9-7(12)5-4-6-8(9)13/h4-6H,12-13H2,1-3H3. The van der Waals surface area contributed by atoms with Gasteiger partial charge in [-0.15, -0.1) is 0 Å². The molecule has 1 aromatic carbocycles. The number of nitrogen functional groups attached to an aromatic ring is 2. The van der Waals surface area contributed by atoms with E-state index in [-0.39, 0.29) is 5.56 Å². The largest absolute Gasteiger partial charge is 0.456 e. The zero-order chi connectivity index (χ0) is 11.6. The summed E-state index contributed by atoms with van der Waals surface area (Å²) < 4.78 is 5.19. The highest BCUT2D eigenvalue weighted by Crippen LogP contribution is 2.22. The summed E-state index contributed by atoms with van der Waals surface area (Å²) in [5.74, 6) is -0.488. The van der Waals surface area contributed by atoms with E-state index in [4.69, 9.17) is 16.2 Å². The van der Waals surface area contributed by atoms with Crippen molar-refractivity contribution in [1.29, 1.82) is 0 Å². The first kappa shape index (κ1) is 11.4. The molecule has 0 unspecified atom stereocenters. The molecule has 0 saturated carbocycles. The summed E-state index contributed by atoms with van der Waals surface area (Å²) in [6, 6.07) is 4.93. The predicted octanol–water partition coefficient (Wildman–Crippen LogP) is 1.81. The van der Waals surface area contributed by atoms with Crippen LogP contribution < -0.4 is 11.5 Å². The molecule has 0 spiro atoms. The van der Waals surface area contributed by atoms with Gasteiger partial charge in [0.15, 0.2) is 0 Å². The summed E-state index contributed by atoms with van der Waals surface area (Å²) in [6.07, 6.45) is 0. The van der Waals surface area contributed by atoms with E-state index in [2.05, 4.69) is 0 Å². The minimum atomic E-state index is -0.550. The van der Waals surface area contributed by atoms with Crippen molar-refractivity contribution >= 4 is 17.3 Å². The molecule has 0 atom stereocenters. The lowest BCUT2D eigenvalue weighted by Crippen LogP contribution is -2.25. The molecule has 0 radical (unpaired) electrons. The van der Waals surface area contributed by atoms with Crippen LogP contribution in [0.5, 0.6) is 0 Å². The summed E-state index contributed by atoms with van der Waals surface area (Å²) in [6.45, 7) is 5.38. The predicted molar refractivity (Wildman–Crippen MR) is 60.4 cm³/mol. The van der Waals surface area contributed by atoms with E-state index in [9.17, 15) is 4.79 Å². The van der Waals surface area contributed by atoms with Crippen molar-refractivity contribution < 1.29 is 9.53 Å². The molecule has 0 fully saturated rings. The Labute approximate surface area is 89.2 Å². The van der Waals surface area contributed by atoms with Gasteiger partial charge in [-0.05, 0) is 32.9 Å². The summed E-state index contributed by atoms with van der Waals surface area (Å²) >= 11 is 0. The van der Waals surface area contributed by atoms with Crippen LogP contribution >= 0.6 is 0 Å². The maximum absolute atomic E-state index is 11.7. The highest BCUT2D eigenvalue weighted by molar-refractivity contribution is 6.00. The molecule has 0 aliphatic carbocycles. The molecule has 82 valence electrons. The number of carbonyl (C=O) groups excluding carboxylic acids is 1. The number of ether oxygens (including phenoxy) is 1. The van der Waals surface area contributed by atoms with E-state index < -0.39 is 11.6 Å². The smallest absolute Gasteiger partial charge is 0.342 e. The van der Waals surface area contributed by atoms with Gasteiger partial charge in [-0.2, -0.15) is 0 Å². The van der Waals surface area contributed by atoms with Crippen LogP contribution in [0.2, 0.25) is 0 Å². The maximum Gasteiger partial charge on any atom is 0.342 e. The molecular formula is C11H16N2O2. The molecule has 15 heavy (non-hydrogen) atoms. The van der Waals surface area contributed by atoms with Gasteiger partial charge in [0.2, 0.25) is 0 Å². The third-order valence-corrected chi connectivity index (χ3v) is 1.73. The zero-order valence-electron chi connectivity index (χ0n) is 9.20. The van der Waals surface area contributed by atoms with Gasteiger partial charge >= 0.3 is 5.97 Å². The quantitative estimate of drug-likeness (QED) is 0.545. The Morgan fingerprint density at radius 1 is 1.20 bits per heavy atom. The van der Waals surface area contributed by atoms with Gasteiger partial charge in [-0.25, -0.2) is 4.79 Å². The van der Waals surface area contributed by atoms with Crippen molar-refractivity contribution in [2.24, 2.45) is 0 Å². The number of hydrogen-bond donors (Lipinski definition) is 2. The van der Waals surface area contributed by atoms with Gasteiger partial charge < -0.3 is 16.2 Å². The van der Waals surface area contributed by atoms with E-state index in [1.165, 1.54) is 0 Å². The van der Waals surface area contributed by atoms with Crippen LogP contribution in [0.4, 0.5) is 11.4 Å². The van der Waals surface area contributed by atoms with Crippen LogP contribution in [0, 0.1) is 0 Å². The lowest BCUT2D eigenvalue weighted by molar-refractivity contribution is 0.00721. The van der Waals surface area contributed by atoms with Crippen LogP contribution in [-0.4, -0.2) is 11.6 Å². The summed E-state index contributed by atoms with van der Waals surface area (Å²) in [4.78, 5) is 11.7. The van der Waals surface area contributed by atoms with Crippen molar-refractivity contribution in [1.82, 2.24) is 0 Å². The first-order valence-corrected chi connectivity index (χ1v) is 4.68. The number of esters is 1. The SMILES string of the molecule is CC(C)(C)OC(=O)c1c(N)cccc1N. The molecule has 1 rings (SSSR count). The van der Waals surface area contributed by atoms with Gasteiger partial charge in [0, 0.05) is 11.4 Å². The third kappa shape index (κ3) is 2.87. The Kier molecular flexibility index (Phi) is 2.88. The number of benzene rings is 1. The van der Waals surface area contributed by atoms with Gasteiger partial charge in [0.1, 0.15) is 11.2 Å². The first-order chi connectivity index (χ1) is 6.81. The average Bonchev–Trinajstić information content (AvgIpc) is 1.99. The third-order valence-electron chi connectivity index (χ3n) is 1.73. The number of nitrogens with two attached hydrogens (primary N) is 2. The maximum atomic E-state index is 11.7. The lowest BCUT2D eigenvalue weighted by atomic mass is 10.1. The van der Waals surface area contributed by atoms with E-state index in [0.717, 1.165) is 0 Å². The van der Waals surface area contributed by atoms with Crippen molar-refractivity contribution in [3.63, 3.8) is 0 Å². The molecule has 4 nitrogen and oxygen atoms in total.